The van der Waals surface area contributed by atoms with Crippen molar-refractivity contribution in [2.45, 2.75) is 25.9 Å². The van der Waals surface area contributed by atoms with Crippen LogP contribution in [0.3, 0.4) is 0 Å². The highest BCUT2D eigenvalue weighted by Gasteiger charge is 2.31. The van der Waals surface area contributed by atoms with Crippen LogP contribution in [0.4, 0.5) is 0 Å². The van der Waals surface area contributed by atoms with Gasteiger partial charge in [0.2, 0.25) is 0 Å². The van der Waals surface area contributed by atoms with Crippen molar-refractivity contribution in [1.82, 2.24) is 29.4 Å². The third kappa shape index (κ3) is 3.74. The maximum absolute atomic E-state index is 13.1. The molecule has 1 fully saturated rings. The van der Waals surface area contributed by atoms with Gasteiger partial charge in [-0.15, -0.1) is 0 Å². The summed E-state index contributed by atoms with van der Waals surface area (Å²) in [7, 11) is 0. The highest BCUT2D eigenvalue weighted by atomic mass is 16.3. The van der Waals surface area contributed by atoms with Crippen LogP contribution in [-0.4, -0.2) is 72.7 Å². The van der Waals surface area contributed by atoms with Gasteiger partial charge in [-0.05, 0) is 31.5 Å². The highest BCUT2D eigenvalue weighted by Crippen LogP contribution is 2.19. The molecule has 0 radical (unpaired) electrons. The Labute approximate surface area is 163 Å². The molecule has 0 bridgehead atoms. The second kappa shape index (κ2) is 8.04. The number of aliphatic hydroxyl groups is 1. The van der Waals surface area contributed by atoms with Crippen LogP contribution >= 0.6 is 0 Å². The first kappa shape index (κ1) is 18.5. The van der Waals surface area contributed by atoms with Gasteiger partial charge >= 0.3 is 0 Å². The summed E-state index contributed by atoms with van der Waals surface area (Å²) < 4.78 is 1.61. The first-order valence-electron chi connectivity index (χ1n) is 9.51. The van der Waals surface area contributed by atoms with Crippen molar-refractivity contribution < 1.29 is 9.90 Å². The molecule has 1 saturated heterocycles. The van der Waals surface area contributed by atoms with Crippen molar-refractivity contribution in [3.8, 4) is 0 Å². The lowest BCUT2D eigenvalue weighted by Crippen LogP contribution is -2.54. The molecule has 3 aromatic heterocycles. The number of carbonyl (C=O) groups excluding carboxylic acids is 1. The zero-order valence-electron chi connectivity index (χ0n) is 15.9. The van der Waals surface area contributed by atoms with Crippen LogP contribution in [-0.2, 0) is 6.54 Å². The number of nitrogens with zero attached hydrogens (tertiary/aromatic N) is 6. The van der Waals surface area contributed by atoms with E-state index < -0.39 is 0 Å². The van der Waals surface area contributed by atoms with E-state index in [-0.39, 0.29) is 18.6 Å². The topological polar surface area (TPSA) is 86.9 Å². The molecule has 0 saturated carbocycles. The van der Waals surface area contributed by atoms with Gasteiger partial charge in [0.1, 0.15) is 5.56 Å². The predicted molar refractivity (Wildman–Crippen MR) is 104 cm³/mol. The lowest BCUT2D eigenvalue weighted by atomic mass is 10.1. The molecule has 0 spiro atoms. The molecule has 0 aromatic carbocycles. The van der Waals surface area contributed by atoms with Crippen LogP contribution in [0.2, 0.25) is 0 Å². The standard InChI is InChI=1S/C20H24N6O2/c1-15-4-2-5-16(23-15)13-24-9-10-25(14-17(24)6-11-27)20(28)18-12-22-26-8-3-7-21-19(18)26/h2-5,7-8,12,17,27H,6,9-11,13-14H2,1H3/t17-/m0/s1. The third-order valence-electron chi connectivity index (χ3n) is 5.17. The molecular weight excluding hydrogens is 356 g/mol. The van der Waals surface area contributed by atoms with E-state index >= 15 is 0 Å². The summed E-state index contributed by atoms with van der Waals surface area (Å²) in [4.78, 5) is 26.1. The molecule has 8 nitrogen and oxygen atoms in total. The van der Waals surface area contributed by atoms with E-state index in [0.717, 1.165) is 17.9 Å². The van der Waals surface area contributed by atoms with Crippen molar-refractivity contribution in [3.05, 3.63) is 59.8 Å². The number of aromatic nitrogens is 4. The minimum Gasteiger partial charge on any atom is -0.396 e. The Morgan fingerprint density at radius 2 is 2.18 bits per heavy atom. The Balaban J connectivity index is 1.50. The maximum atomic E-state index is 13.1. The molecular formula is C20H24N6O2. The summed E-state index contributed by atoms with van der Waals surface area (Å²) in [6, 6.07) is 7.88. The van der Waals surface area contributed by atoms with Gasteiger partial charge in [0, 0.05) is 56.9 Å². The average molecular weight is 380 g/mol. The summed E-state index contributed by atoms with van der Waals surface area (Å²) >= 11 is 0. The second-order valence-electron chi connectivity index (χ2n) is 7.10. The van der Waals surface area contributed by atoms with Gasteiger partial charge in [0.15, 0.2) is 5.65 Å². The number of carbonyl (C=O) groups is 1. The minimum absolute atomic E-state index is 0.0648. The third-order valence-corrected chi connectivity index (χ3v) is 5.17. The average Bonchev–Trinajstić information content (AvgIpc) is 3.13. The van der Waals surface area contributed by atoms with E-state index in [9.17, 15) is 9.90 Å². The first-order chi connectivity index (χ1) is 13.7. The van der Waals surface area contributed by atoms with Crippen LogP contribution in [0, 0.1) is 6.92 Å². The Bertz CT molecular complexity index is 972. The monoisotopic (exact) mass is 380 g/mol. The van der Waals surface area contributed by atoms with Crippen LogP contribution in [0.1, 0.15) is 28.2 Å². The Morgan fingerprint density at radius 1 is 1.29 bits per heavy atom. The summed E-state index contributed by atoms with van der Waals surface area (Å²) in [5.74, 6) is -0.0648. The number of piperazine rings is 1. The summed E-state index contributed by atoms with van der Waals surface area (Å²) in [6.45, 7) is 4.70. The van der Waals surface area contributed by atoms with Gasteiger partial charge in [-0.1, -0.05) is 6.07 Å². The SMILES string of the molecule is Cc1cccc(CN2CCN(C(=O)c3cnn4cccnc34)C[C@@H]2CCO)n1. The predicted octanol–water partition coefficient (Wildman–Crippen LogP) is 1.14. The molecule has 3 aromatic rings. The van der Waals surface area contributed by atoms with Crippen LogP contribution in [0.15, 0.2) is 42.9 Å². The fourth-order valence-electron chi connectivity index (χ4n) is 3.75. The number of rotatable bonds is 5. The normalized spacial score (nSPS) is 17.9. The van der Waals surface area contributed by atoms with Gasteiger partial charge in [0.05, 0.1) is 11.9 Å². The molecule has 28 heavy (non-hydrogen) atoms. The van der Waals surface area contributed by atoms with Crippen LogP contribution in [0.25, 0.3) is 5.65 Å². The molecule has 1 amide bonds. The number of fused-ring (bicyclic) bond motifs is 1. The van der Waals surface area contributed by atoms with Gasteiger partial charge in [-0.3, -0.25) is 14.7 Å². The van der Waals surface area contributed by atoms with Gasteiger partial charge in [-0.2, -0.15) is 5.10 Å². The Kier molecular flexibility index (Phi) is 5.31. The summed E-state index contributed by atoms with van der Waals surface area (Å²) in [6.07, 6.45) is 5.63. The zero-order chi connectivity index (χ0) is 19.5. The second-order valence-corrected chi connectivity index (χ2v) is 7.10. The lowest BCUT2D eigenvalue weighted by Gasteiger charge is -2.41. The van der Waals surface area contributed by atoms with Crippen molar-refractivity contribution >= 4 is 11.6 Å². The Hall–Kier alpha value is -2.84. The summed E-state index contributed by atoms with van der Waals surface area (Å²) in [5.41, 5.74) is 3.08. The van der Waals surface area contributed by atoms with Gasteiger partial charge < -0.3 is 10.0 Å². The van der Waals surface area contributed by atoms with Gasteiger partial charge in [-0.25, -0.2) is 9.50 Å². The largest absolute Gasteiger partial charge is 0.396 e. The number of pyridine rings is 1. The molecule has 8 heteroatoms. The van der Waals surface area contributed by atoms with Crippen LogP contribution < -0.4 is 0 Å². The smallest absolute Gasteiger partial charge is 0.259 e. The molecule has 1 atom stereocenters. The molecule has 4 heterocycles. The van der Waals surface area contributed by atoms with Crippen molar-refractivity contribution in [2.75, 3.05) is 26.2 Å². The van der Waals surface area contributed by atoms with Crippen LogP contribution in [0.5, 0.6) is 0 Å². The minimum atomic E-state index is -0.0648. The molecule has 1 aliphatic heterocycles. The van der Waals surface area contributed by atoms with Crippen molar-refractivity contribution in [1.29, 1.82) is 0 Å². The van der Waals surface area contributed by atoms with E-state index in [2.05, 4.69) is 20.0 Å². The maximum Gasteiger partial charge on any atom is 0.259 e. The number of hydrogen-bond donors (Lipinski definition) is 1. The molecule has 0 unspecified atom stereocenters. The Morgan fingerprint density at radius 3 is 3.00 bits per heavy atom. The quantitative estimate of drug-likeness (QED) is 0.714. The lowest BCUT2D eigenvalue weighted by molar-refractivity contribution is 0.0392. The molecule has 4 rings (SSSR count). The van der Waals surface area contributed by atoms with E-state index in [0.29, 0.717) is 37.3 Å². The van der Waals surface area contributed by atoms with E-state index in [1.165, 1.54) is 0 Å². The van der Waals surface area contributed by atoms with Crippen molar-refractivity contribution in [2.24, 2.45) is 0 Å². The molecule has 0 aliphatic carbocycles. The number of hydrogen-bond acceptors (Lipinski definition) is 6. The van der Waals surface area contributed by atoms with E-state index in [1.807, 2.05) is 30.0 Å². The van der Waals surface area contributed by atoms with Crippen molar-refractivity contribution in [3.63, 3.8) is 0 Å². The van der Waals surface area contributed by atoms with Gasteiger partial charge in [0.25, 0.3) is 5.91 Å². The molecule has 146 valence electrons. The fourth-order valence-corrected chi connectivity index (χ4v) is 3.75. The molecule has 1 N–H and O–H groups in total. The highest BCUT2D eigenvalue weighted by molar-refractivity contribution is 5.99. The van der Waals surface area contributed by atoms with E-state index in [4.69, 9.17) is 0 Å². The zero-order valence-corrected chi connectivity index (χ0v) is 15.9. The number of aliphatic hydroxyl groups excluding tert-OH is 1. The number of amides is 1. The summed E-state index contributed by atoms with van der Waals surface area (Å²) in [5, 5.41) is 13.7. The fraction of sp³-hybridized carbons (Fsp3) is 0.400. The van der Waals surface area contributed by atoms with E-state index in [1.54, 1.807) is 29.2 Å². The number of aryl methyl sites for hydroxylation is 1. The molecule has 1 aliphatic rings. The first-order valence-corrected chi connectivity index (χ1v) is 9.51.